The fraction of sp³-hybridized carbons (Fsp3) is 0.533. The van der Waals surface area contributed by atoms with Crippen LogP contribution in [-0.2, 0) is 14.6 Å². The molecule has 0 radical (unpaired) electrons. The first kappa shape index (κ1) is 16.6. The number of benzene rings is 1. The van der Waals surface area contributed by atoms with Gasteiger partial charge in [-0.2, -0.15) is 0 Å². The fourth-order valence-corrected chi connectivity index (χ4v) is 4.22. The maximum atomic E-state index is 12.0. The molecule has 0 spiro atoms. The summed E-state index contributed by atoms with van der Waals surface area (Å²) in [6.07, 6.45) is 2.22. The molecule has 1 atom stereocenters. The third-order valence-corrected chi connectivity index (χ3v) is 5.81. The molecule has 6 heteroatoms. The smallest absolute Gasteiger partial charge is 0.162 e. The van der Waals surface area contributed by atoms with Gasteiger partial charge in [-0.3, -0.25) is 4.79 Å². The second-order valence-electron chi connectivity index (χ2n) is 5.28. The van der Waals surface area contributed by atoms with E-state index < -0.39 is 9.84 Å². The molecule has 1 aliphatic rings. The van der Waals surface area contributed by atoms with Crippen LogP contribution in [0.2, 0.25) is 0 Å². The Morgan fingerprint density at radius 3 is 2.62 bits per heavy atom. The second-order valence-corrected chi connectivity index (χ2v) is 8.43. The summed E-state index contributed by atoms with van der Waals surface area (Å²) in [5, 5.41) is 0. The average molecular weight is 375 g/mol. The molecule has 0 aliphatic carbocycles. The summed E-state index contributed by atoms with van der Waals surface area (Å²) in [6, 6.07) is 7.10. The Morgan fingerprint density at radius 2 is 2.00 bits per heavy atom. The highest BCUT2D eigenvalue weighted by Gasteiger charge is 2.23. The van der Waals surface area contributed by atoms with Crippen molar-refractivity contribution in [3.63, 3.8) is 0 Å². The van der Waals surface area contributed by atoms with Crippen LogP contribution in [0.4, 0.5) is 0 Å². The summed E-state index contributed by atoms with van der Waals surface area (Å²) < 4.78 is 30.2. The number of hydrogen-bond acceptors (Lipinski definition) is 4. The van der Waals surface area contributed by atoms with Gasteiger partial charge < -0.3 is 4.74 Å². The monoisotopic (exact) mass is 374 g/mol. The highest BCUT2D eigenvalue weighted by molar-refractivity contribution is 9.10. The zero-order valence-corrected chi connectivity index (χ0v) is 14.2. The van der Waals surface area contributed by atoms with E-state index in [0.29, 0.717) is 18.6 Å². The number of Topliss-reactive ketones (excluding diaryl/α,β-unsaturated/α-hetero) is 1. The Bertz CT molecular complexity index is 574. The molecule has 116 valence electrons. The molecule has 0 amide bonds. The van der Waals surface area contributed by atoms with Crippen molar-refractivity contribution in [2.45, 2.75) is 31.8 Å². The minimum atomic E-state index is -3.13. The molecular formula is C15H19BrO4S. The Balaban J connectivity index is 1.77. The van der Waals surface area contributed by atoms with Gasteiger partial charge in [0.1, 0.15) is 0 Å². The lowest BCUT2D eigenvalue weighted by atomic mass is 10.1. The van der Waals surface area contributed by atoms with Gasteiger partial charge >= 0.3 is 0 Å². The lowest BCUT2D eigenvalue weighted by Crippen LogP contribution is -2.22. The maximum absolute atomic E-state index is 12.0. The molecule has 4 nitrogen and oxygen atoms in total. The number of carbonyl (C=O) groups excluding carboxylic acids is 1. The minimum absolute atomic E-state index is 0.0187. The van der Waals surface area contributed by atoms with Crippen molar-refractivity contribution < 1.29 is 17.9 Å². The van der Waals surface area contributed by atoms with Crippen LogP contribution in [-0.4, -0.2) is 38.4 Å². The van der Waals surface area contributed by atoms with Crippen molar-refractivity contribution in [3.8, 4) is 0 Å². The van der Waals surface area contributed by atoms with Crippen LogP contribution in [0.3, 0.4) is 0 Å². The molecule has 1 unspecified atom stereocenters. The second kappa shape index (κ2) is 7.51. The van der Waals surface area contributed by atoms with Crippen LogP contribution >= 0.6 is 15.9 Å². The molecular weight excluding hydrogens is 356 g/mol. The Morgan fingerprint density at radius 1 is 1.29 bits per heavy atom. The van der Waals surface area contributed by atoms with Gasteiger partial charge in [-0.25, -0.2) is 8.42 Å². The van der Waals surface area contributed by atoms with Crippen molar-refractivity contribution in [3.05, 3.63) is 34.3 Å². The number of ketones is 1. The maximum Gasteiger partial charge on any atom is 0.162 e. The number of halogens is 1. The lowest BCUT2D eigenvalue weighted by molar-refractivity contribution is 0.0982. The van der Waals surface area contributed by atoms with E-state index in [-0.39, 0.29) is 29.8 Å². The molecule has 1 fully saturated rings. The summed E-state index contributed by atoms with van der Waals surface area (Å²) >= 11 is 3.31. The van der Waals surface area contributed by atoms with E-state index in [0.717, 1.165) is 17.3 Å². The summed E-state index contributed by atoms with van der Waals surface area (Å²) in [5.41, 5.74) is 0.620. The zero-order chi connectivity index (χ0) is 15.3. The number of hydrogen-bond donors (Lipinski definition) is 0. The summed E-state index contributed by atoms with van der Waals surface area (Å²) in [5.74, 6) is 0.115. The van der Waals surface area contributed by atoms with Crippen molar-refractivity contribution >= 4 is 31.6 Å². The number of sulfone groups is 1. The Labute approximate surface area is 133 Å². The fourth-order valence-electron chi connectivity index (χ4n) is 2.38. The van der Waals surface area contributed by atoms with Crippen molar-refractivity contribution in [2.24, 2.45) is 0 Å². The SMILES string of the molecule is O=C(CCCS(=O)(=O)CC1CCCO1)c1ccc(Br)cc1. The first-order valence-corrected chi connectivity index (χ1v) is 9.68. The molecule has 1 saturated heterocycles. The van der Waals surface area contributed by atoms with Gasteiger partial charge in [0, 0.05) is 23.1 Å². The highest BCUT2D eigenvalue weighted by Crippen LogP contribution is 2.16. The van der Waals surface area contributed by atoms with Gasteiger partial charge in [-0.15, -0.1) is 0 Å². The van der Waals surface area contributed by atoms with E-state index in [9.17, 15) is 13.2 Å². The summed E-state index contributed by atoms with van der Waals surface area (Å²) in [4.78, 5) is 12.0. The molecule has 21 heavy (non-hydrogen) atoms. The quantitative estimate of drug-likeness (QED) is 0.688. The van der Waals surface area contributed by atoms with Gasteiger partial charge in [0.25, 0.3) is 0 Å². The molecule has 1 aliphatic heterocycles. The van der Waals surface area contributed by atoms with E-state index in [1.54, 1.807) is 24.3 Å². The topological polar surface area (TPSA) is 60.4 Å². The lowest BCUT2D eigenvalue weighted by Gasteiger charge is -2.09. The Hall–Kier alpha value is -0.720. The van der Waals surface area contributed by atoms with E-state index in [4.69, 9.17) is 4.74 Å². The molecule has 2 rings (SSSR count). The summed E-state index contributed by atoms with van der Waals surface area (Å²) in [7, 11) is -3.13. The van der Waals surface area contributed by atoms with Gasteiger partial charge in [0.15, 0.2) is 15.6 Å². The molecule has 1 aromatic rings. The molecule has 0 N–H and O–H groups in total. The van der Waals surface area contributed by atoms with E-state index >= 15 is 0 Å². The van der Waals surface area contributed by atoms with Gasteiger partial charge in [0.2, 0.25) is 0 Å². The predicted molar refractivity (Wildman–Crippen MR) is 85.3 cm³/mol. The van der Waals surface area contributed by atoms with E-state index in [1.807, 2.05) is 0 Å². The van der Waals surface area contributed by atoms with Gasteiger partial charge in [-0.05, 0) is 31.4 Å². The molecule has 0 saturated carbocycles. The standard InChI is InChI=1S/C15H19BrO4S/c16-13-7-5-12(6-8-13)15(17)4-2-10-21(18,19)11-14-3-1-9-20-14/h5-8,14H,1-4,9-11H2. The van der Waals surface area contributed by atoms with Crippen molar-refractivity contribution in [1.29, 1.82) is 0 Å². The van der Waals surface area contributed by atoms with Crippen LogP contribution in [0, 0.1) is 0 Å². The number of rotatable bonds is 7. The molecule has 0 aromatic heterocycles. The van der Waals surface area contributed by atoms with Crippen molar-refractivity contribution in [2.75, 3.05) is 18.1 Å². The van der Waals surface area contributed by atoms with Crippen molar-refractivity contribution in [1.82, 2.24) is 0 Å². The first-order chi connectivity index (χ1) is 9.96. The van der Waals surface area contributed by atoms with Crippen LogP contribution in [0.1, 0.15) is 36.0 Å². The molecule has 1 aromatic carbocycles. The first-order valence-electron chi connectivity index (χ1n) is 7.07. The van der Waals surface area contributed by atoms with Crippen LogP contribution in [0.15, 0.2) is 28.7 Å². The largest absolute Gasteiger partial charge is 0.377 e. The number of carbonyl (C=O) groups is 1. The van der Waals surface area contributed by atoms with E-state index in [2.05, 4.69) is 15.9 Å². The van der Waals surface area contributed by atoms with E-state index in [1.165, 1.54) is 0 Å². The van der Waals surface area contributed by atoms with Crippen LogP contribution in [0.25, 0.3) is 0 Å². The minimum Gasteiger partial charge on any atom is -0.377 e. The Kier molecular flexibility index (Phi) is 5.96. The normalized spacial score (nSPS) is 18.8. The zero-order valence-electron chi connectivity index (χ0n) is 11.8. The van der Waals surface area contributed by atoms with Crippen LogP contribution < -0.4 is 0 Å². The van der Waals surface area contributed by atoms with Gasteiger partial charge in [-0.1, -0.05) is 28.1 Å². The number of ether oxygens (including phenoxy) is 1. The third-order valence-electron chi connectivity index (χ3n) is 3.49. The third kappa shape index (κ3) is 5.52. The highest BCUT2D eigenvalue weighted by atomic mass is 79.9. The summed E-state index contributed by atoms with van der Waals surface area (Å²) in [6.45, 7) is 0.655. The van der Waals surface area contributed by atoms with Gasteiger partial charge in [0.05, 0.1) is 17.6 Å². The van der Waals surface area contributed by atoms with Crippen LogP contribution in [0.5, 0.6) is 0 Å². The molecule has 0 bridgehead atoms. The molecule has 1 heterocycles. The predicted octanol–water partition coefficient (Wildman–Crippen LogP) is 3.01. The average Bonchev–Trinajstić information content (AvgIpc) is 2.91.